The second-order valence-corrected chi connectivity index (χ2v) is 5.86. The minimum atomic E-state index is 0.176. The molecule has 0 radical (unpaired) electrons. The fourth-order valence-corrected chi connectivity index (χ4v) is 3.49. The third-order valence-electron chi connectivity index (χ3n) is 4.45. The van der Waals surface area contributed by atoms with Gasteiger partial charge in [-0.05, 0) is 23.6 Å². The number of amides is 1. The van der Waals surface area contributed by atoms with E-state index in [-0.39, 0.29) is 11.8 Å². The summed E-state index contributed by atoms with van der Waals surface area (Å²) in [5.41, 5.74) is 6.03. The summed E-state index contributed by atoms with van der Waals surface area (Å²) >= 11 is 0. The molecule has 2 heteroatoms. The summed E-state index contributed by atoms with van der Waals surface area (Å²) in [6, 6.07) is 14.9. The monoisotopic (exact) mass is 275 g/mol. The zero-order chi connectivity index (χ0) is 14.4. The number of anilines is 1. The Morgan fingerprint density at radius 1 is 1.14 bits per heavy atom. The minimum Gasteiger partial charge on any atom is -0.308 e. The van der Waals surface area contributed by atoms with E-state index in [0.717, 1.165) is 11.3 Å². The number of para-hydroxylation sites is 1. The first-order valence-electron chi connectivity index (χ1n) is 7.40. The van der Waals surface area contributed by atoms with Gasteiger partial charge < -0.3 is 4.90 Å². The predicted molar refractivity (Wildman–Crippen MR) is 85.5 cm³/mol. The maximum Gasteiger partial charge on any atom is 0.228 e. The maximum atomic E-state index is 12.5. The van der Waals surface area contributed by atoms with Crippen LogP contribution < -0.4 is 4.90 Å². The van der Waals surface area contributed by atoms with Gasteiger partial charge in [0.05, 0.1) is 5.69 Å². The average Bonchev–Trinajstić information content (AvgIpc) is 2.51. The van der Waals surface area contributed by atoms with E-state index in [0.29, 0.717) is 13.0 Å². The first-order chi connectivity index (χ1) is 10.2. The summed E-state index contributed by atoms with van der Waals surface area (Å²) in [4.78, 5) is 14.5. The molecule has 104 valence electrons. The number of benzene rings is 2. The summed E-state index contributed by atoms with van der Waals surface area (Å²) < 4.78 is 0. The molecular weight excluding hydrogens is 258 g/mol. The molecule has 2 aliphatic heterocycles. The van der Waals surface area contributed by atoms with E-state index in [1.54, 1.807) is 0 Å². The third kappa shape index (κ3) is 1.90. The first-order valence-corrected chi connectivity index (χ1v) is 7.40. The van der Waals surface area contributed by atoms with Gasteiger partial charge in [-0.25, -0.2) is 0 Å². The van der Waals surface area contributed by atoms with E-state index < -0.39 is 0 Å². The van der Waals surface area contributed by atoms with E-state index in [1.807, 2.05) is 4.90 Å². The molecule has 1 atom stereocenters. The summed E-state index contributed by atoms with van der Waals surface area (Å²) in [6.07, 6.45) is 4.76. The van der Waals surface area contributed by atoms with E-state index in [1.165, 1.54) is 16.7 Å². The quantitative estimate of drug-likeness (QED) is 0.773. The highest BCUT2D eigenvalue weighted by Crippen LogP contribution is 2.43. The second kappa shape index (κ2) is 4.59. The van der Waals surface area contributed by atoms with Crippen LogP contribution in [-0.2, 0) is 4.79 Å². The number of hydrogen-bond acceptors (Lipinski definition) is 1. The molecule has 0 saturated heterocycles. The van der Waals surface area contributed by atoms with Crippen molar-refractivity contribution in [2.24, 2.45) is 0 Å². The van der Waals surface area contributed by atoms with Gasteiger partial charge >= 0.3 is 0 Å². The molecule has 0 saturated carbocycles. The summed E-state index contributed by atoms with van der Waals surface area (Å²) in [5, 5.41) is 0. The molecule has 2 heterocycles. The fourth-order valence-electron chi connectivity index (χ4n) is 3.49. The Bertz CT molecular complexity index is 760. The van der Waals surface area contributed by atoms with E-state index in [9.17, 15) is 4.79 Å². The van der Waals surface area contributed by atoms with Gasteiger partial charge in [0.15, 0.2) is 0 Å². The maximum absolute atomic E-state index is 12.5. The molecule has 1 unspecified atom stereocenters. The molecule has 2 aromatic rings. The lowest BCUT2D eigenvalue weighted by molar-refractivity contribution is -0.119. The van der Waals surface area contributed by atoms with Crippen molar-refractivity contribution in [3.8, 4) is 0 Å². The number of aryl methyl sites for hydroxylation is 1. The minimum absolute atomic E-state index is 0.176. The lowest BCUT2D eigenvalue weighted by atomic mass is 9.81. The predicted octanol–water partition coefficient (Wildman–Crippen LogP) is 3.89. The van der Waals surface area contributed by atoms with E-state index >= 15 is 0 Å². The lowest BCUT2D eigenvalue weighted by Gasteiger charge is -2.36. The molecule has 0 aromatic heterocycles. The van der Waals surface area contributed by atoms with Crippen molar-refractivity contribution in [2.75, 3.05) is 11.4 Å². The normalized spacial score (nSPS) is 19.6. The van der Waals surface area contributed by atoms with Crippen molar-refractivity contribution in [1.29, 1.82) is 0 Å². The van der Waals surface area contributed by atoms with Crippen molar-refractivity contribution in [3.05, 3.63) is 70.8 Å². The standard InChI is InChI=1S/C19H17NO/c1-13-5-2-7-15(11-13)17-12-18(21)20-10-4-8-14-6-3-9-16(17)19(14)20/h2-9,11,17H,10,12H2,1H3. The van der Waals surface area contributed by atoms with Gasteiger partial charge in [0.25, 0.3) is 0 Å². The van der Waals surface area contributed by atoms with Crippen molar-refractivity contribution in [2.45, 2.75) is 19.3 Å². The van der Waals surface area contributed by atoms with Gasteiger partial charge in [-0.15, -0.1) is 0 Å². The lowest BCUT2D eigenvalue weighted by Crippen LogP contribution is -2.38. The van der Waals surface area contributed by atoms with Crippen LogP contribution >= 0.6 is 0 Å². The molecule has 0 fully saturated rings. The van der Waals surface area contributed by atoms with Crippen LogP contribution in [0, 0.1) is 6.92 Å². The van der Waals surface area contributed by atoms with Crippen LogP contribution in [0.1, 0.15) is 34.6 Å². The van der Waals surface area contributed by atoms with Crippen LogP contribution in [0.15, 0.2) is 48.5 Å². The average molecular weight is 275 g/mol. The Morgan fingerprint density at radius 2 is 2.00 bits per heavy atom. The molecule has 0 bridgehead atoms. The van der Waals surface area contributed by atoms with Crippen LogP contribution in [0.5, 0.6) is 0 Å². The Balaban J connectivity index is 1.92. The number of rotatable bonds is 1. The van der Waals surface area contributed by atoms with E-state index in [4.69, 9.17) is 0 Å². The van der Waals surface area contributed by atoms with Gasteiger partial charge in [-0.3, -0.25) is 4.79 Å². The highest BCUT2D eigenvalue weighted by Gasteiger charge is 2.33. The molecule has 0 N–H and O–H groups in total. The molecule has 2 nitrogen and oxygen atoms in total. The highest BCUT2D eigenvalue weighted by atomic mass is 16.2. The van der Waals surface area contributed by atoms with Crippen LogP contribution in [0.4, 0.5) is 5.69 Å². The van der Waals surface area contributed by atoms with Gasteiger partial charge in [0.1, 0.15) is 0 Å². The zero-order valence-corrected chi connectivity index (χ0v) is 12.0. The van der Waals surface area contributed by atoms with Crippen molar-refractivity contribution in [3.63, 3.8) is 0 Å². The first kappa shape index (κ1) is 12.4. The molecule has 21 heavy (non-hydrogen) atoms. The van der Waals surface area contributed by atoms with Crippen LogP contribution in [0.25, 0.3) is 6.08 Å². The van der Waals surface area contributed by atoms with Crippen molar-refractivity contribution in [1.82, 2.24) is 0 Å². The van der Waals surface area contributed by atoms with Crippen molar-refractivity contribution < 1.29 is 4.79 Å². The van der Waals surface area contributed by atoms with Gasteiger partial charge in [0.2, 0.25) is 5.91 Å². The summed E-state index contributed by atoms with van der Waals surface area (Å²) in [6.45, 7) is 2.80. The van der Waals surface area contributed by atoms with Crippen LogP contribution in [0.3, 0.4) is 0 Å². The Hall–Kier alpha value is -2.35. The Morgan fingerprint density at radius 3 is 2.86 bits per heavy atom. The van der Waals surface area contributed by atoms with Crippen molar-refractivity contribution >= 4 is 17.7 Å². The highest BCUT2D eigenvalue weighted by molar-refractivity contribution is 6.01. The Labute approximate surface area is 124 Å². The van der Waals surface area contributed by atoms with Gasteiger partial charge in [-0.2, -0.15) is 0 Å². The van der Waals surface area contributed by atoms with Crippen LogP contribution in [-0.4, -0.2) is 12.5 Å². The third-order valence-corrected chi connectivity index (χ3v) is 4.45. The molecule has 0 spiro atoms. The molecular formula is C19H17NO. The van der Waals surface area contributed by atoms with E-state index in [2.05, 4.69) is 61.5 Å². The molecule has 2 aromatic carbocycles. The topological polar surface area (TPSA) is 20.3 Å². The fraction of sp³-hybridized carbons (Fsp3) is 0.211. The second-order valence-electron chi connectivity index (χ2n) is 5.86. The number of nitrogens with zero attached hydrogens (tertiary/aromatic N) is 1. The van der Waals surface area contributed by atoms with Gasteiger partial charge in [0, 0.05) is 18.9 Å². The zero-order valence-electron chi connectivity index (χ0n) is 12.0. The number of carbonyl (C=O) groups is 1. The number of carbonyl (C=O) groups excluding carboxylic acids is 1. The van der Waals surface area contributed by atoms with Gasteiger partial charge in [-0.1, -0.05) is 60.2 Å². The molecule has 2 aliphatic rings. The number of hydrogen-bond donors (Lipinski definition) is 0. The molecule has 1 amide bonds. The van der Waals surface area contributed by atoms with Crippen LogP contribution in [0.2, 0.25) is 0 Å². The molecule has 4 rings (SSSR count). The summed E-state index contributed by atoms with van der Waals surface area (Å²) in [7, 11) is 0. The largest absolute Gasteiger partial charge is 0.308 e. The summed E-state index contributed by atoms with van der Waals surface area (Å²) in [5.74, 6) is 0.404. The Kier molecular flexibility index (Phi) is 2.71. The molecule has 0 aliphatic carbocycles. The SMILES string of the molecule is Cc1cccc(C2CC(=O)N3CC=Cc4cccc2c43)c1. The smallest absolute Gasteiger partial charge is 0.228 e.